The summed E-state index contributed by atoms with van der Waals surface area (Å²) >= 11 is 0. The van der Waals surface area contributed by atoms with Crippen LogP contribution in [0.4, 0.5) is 5.69 Å². The van der Waals surface area contributed by atoms with E-state index in [2.05, 4.69) is 59.8 Å². The first-order chi connectivity index (χ1) is 15.2. The van der Waals surface area contributed by atoms with Crippen LogP contribution in [0.25, 0.3) is 28.2 Å². The lowest BCUT2D eigenvalue weighted by Gasteiger charge is -2.19. The molecule has 2 aromatic carbocycles. The summed E-state index contributed by atoms with van der Waals surface area (Å²) < 4.78 is 2.07. The maximum absolute atomic E-state index is 8.98. The van der Waals surface area contributed by atoms with Crippen molar-refractivity contribution in [3.8, 4) is 28.6 Å². The number of aromatic nitrogens is 5. The zero-order valence-corrected chi connectivity index (χ0v) is 16.9. The maximum atomic E-state index is 8.98. The van der Waals surface area contributed by atoms with E-state index in [-0.39, 0.29) is 0 Å². The lowest BCUT2D eigenvalue weighted by atomic mass is 10.1. The molecule has 0 unspecified atom stereocenters. The maximum Gasteiger partial charge on any atom is 0.155 e. The first-order valence-electron chi connectivity index (χ1n) is 9.85. The standard InChI is InChI=1S/C24H19N7/c1-30(21-8-2-17(12-25)3-9-21)15-20-16-31-23(13-27-24(31)14-26-20)19-6-4-18(5-7-19)22-10-11-28-29-22/h2-11,13-14,16H,15H2,1H3,(H,28,29). The van der Waals surface area contributed by atoms with Gasteiger partial charge in [-0.05, 0) is 35.9 Å². The van der Waals surface area contributed by atoms with E-state index in [9.17, 15) is 0 Å². The lowest BCUT2D eigenvalue weighted by molar-refractivity contribution is 0.869. The number of H-pyrrole nitrogens is 1. The molecule has 0 spiro atoms. The highest BCUT2D eigenvalue weighted by molar-refractivity contribution is 5.68. The summed E-state index contributed by atoms with van der Waals surface area (Å²) in [5.74, 6) is 0. The predicted octanol–water partition coefficient (Wildman–Crippen LogP) is 4.29. The molecule has 0 aliphatic heterocycles. The van der Waals surface area contributed by atoms with Crippen molar-refractivity contribution in [3.05, 3.63) is 90.6 Å². The highest BCUT2D eigenvalue weighted by Gasteiger charge is 2.10. The summed E-state index contributed by atoms with van der Waals surface area (Å²) in [6.45, 7) is 0.637. The number of nitriles is 1. The van der Waals surface area contributed by atoms with Gasteiger partial charge in [-0.15, -0.1) is 0 Å². The topological polar surface area (TPSA) is 85.9 Å². The molecular formula is C24H19N7. The van der Waals surface area contributed by atoms with Crippen LogP contribution in [0.3, 0.4) is 0 Å². The molecule has 0 saturated heterocycles. The van der Waals surface area contributed by atoms with Crippen LogP contribution >= 0.6 is 0 Å². The van der Waals surface area contributed by atoms with Crippen LogP contribution in [-0.4, -0.2) is 31.6 Å². The number of aromatic amines is 1. The molecule has 5 aromatic rings. The van der Waals surface area contributed by atoms with E-state index in [0.29, 0.717) is 12.1 Å². The van der Waals surface area contributed by atoms with E-state index in [4.69, 9.17) is 5.26 Å². The van der Waals surface area contributed by atoms with Crippen LogP contribution in [0.15, 0.2) is 79.4 Å². The third-order valence-corrected chi connectivity index (χ3v) is 5.28. The Morgan fingerprint density at radius 3 is 2.45 bits per heavy atom. The number of hydrogen-bond donors (Lipinski definition) is 1. The van der Waals surface area contributed by atoms with Gasteiger partial charge >= 0.3 is 0 Å². The number of imidazole rings is 1. The van der Waals surface area contributed by atoms with Crippen LogP contribution in [-0.2, 0) is 6.54 Å². The Kier molecular flexibility index (Phi) is 4.65. The molecule has 3 heterocycles. The number of fused-ring (bicyclic) bond motifs is 1. The van der Waals surface area contributed by atoms with E-state index < -0.39 is 0 Å². The normalized spacial score (nSPS) is 10.8. The Morgan fingerprint density at radius 2 is 1.74 bits per heavy atom. The lowest BCUT2D eigenvalue weighted by Crippen LogP contribution is -2.17. The largest absolute Gasteiger partial charge is 0.369 e. The van der Waals surface area contributed by atoms with Crippen LogP contribution in [0.5, 0.6) is 0 Å². The summed E-state index contributed by atoms with van der Waals surface area (Å²) in [5.41, 5.74) is 7.57. The quantitative estimate of drug-likeness (QED) is 0.471. The number of hydrogen-bond acceptors (Lipinski definition) is 5. The number of rotatable bonds is 5. The van der Waals surface area contributed by atoms with Gasteiger partial charge < -0.3 is 4.90 Å². The minimum absolute atomic E-state index is 0.637. The average molecular weight is 405 g/mol. The smallest absolute Gasteiger partial charge is 0.155 e. The Balaban J connectivity index is 1.42. The minimum Gasteiger partial charge on any atom is -0.369 e. The van der Waals surface area contributed by atoms with E-state index in [1.54, 1.807) is 12.4 Å². The minimum atomic E-state index is 0.637. The van der Waals surface area contributed by atoms with E-state index in [1.807, 2.05) is 49.8 Å². The van der Waals surface area contributed by atoms with Gasteiger partial charge in [-0.2, -0.15) is 10.4 Å². The van der Waals surface area contributed by atoms with Crippen molar-refractivity contribution in [2.75, 3.05) is 11.9 Å². The van der Waals surface area contributed by atoms with Gasteiger partial charge in [-0.3, -0.25) is 14.5 Å². The summed E-state index contributed by atoms with van der Waals surface area (Å²) in [4.78, 5) is 11.2. The van der Waals surface area contributed by atoms with Crippen LogP contribution < -0.4 is 4.90 Å². The summed E-state index contributed by atoms with van der Waals surface area (Å²) in [7, 11) is 2.01. The Hall–Kier alpha value is -4.44. The number of nitrogens with one attached hydrogen (secondary N) is 1. The zero-order valence-electron chi connectivity index (χ0n) is 16.9. The molecule has 5 rings (SSSR count). The summed E-state index contributed by atoms with van der Waals surface area (Å²) in [6.07, 6.45) is 7.44. The van der Waals surface area contributed by atoms with Crippen molar-refractivity contribution in [3.63, 3.8) is 0 Å². The second-order valence-corrected chi connectivity index (χ2v) is 7.31. The van der Waals surface area contributed by atoms with Crippen molar-refractivity contribution in [1.82, 2.24) is 24.6 Å². The Bertz CT molecular complexity index is 1360. The van der Waals surface area contributed by atoms with Gasteiger partial charge in [0.1, 0.15) is 0 Å². The molecule has 3 aromatic heterocycles. The van der Waals surface area contributed by atoms with Gasteiger partial charge in [0.2, 0.25) is 0 Å². The van der Waals surface area contributed by atoms with Crippen LogP contribution in [0, 0.1) is 11.3 Å². The first kappa shape index (κ1) is 18.6. The molecular weight excluding hydrogens is 386 g/mol. The molecule has 31 heavy (non-hydrogen) atoms. The Morgan fingerprint density at radius 1 is 0.968 bits per heavy atom. The molecule has 150 valence electrons. The molecule has 7 heteroatoms. The van der Waals surface area contributed by atoms with Crippen molar-refractivity contribution in [2.45, 2.75) is 6.54 Å². The Labute approximate surface area is 179 Å². The van der Waals surface area contributed by atoms with Gasteiger partial charge in [0.05, 0.1) is 47.7 Å². The molecule has 7 nitrogen and oxygen atoms in total. The number of benzene rings is 2. The summed E-state index contributed by atoms with van der Waals surface area (Å²) in [6, 6.07) is 20.0. The fourth-order valence-electron chi connectivity index (χ4n) is 3.59. The average Bonchev–Trinajstić information content (AvgIpc) is 3.49. The molecule has 0 atom stereocenters. The third kappa shape index (κ3) is 3.63. The molecule has 0 radical (unpaired) electrons. The SMILES string of the molecule is CN(Cc1cn2c(-c3ccc(-c4ccn[nH]4)cc3)cnc2cn1)c1ccc(C#N)cc1. The van der Waals surface area contributed by atoms with Gasteiger partial charge in [-0.25, -0.2) is 4.98 Å². The molecule has 0 aliphatic carbocycles. The van der Waals surface area contributed by atoms with Crippen molar-refractivity contribution < 1.29 is 0 Å². The van der Waals surface area contributed by atoms with Gasteiger partial charge in [0.25, 0.3) is 0 Å². The first-order valence-corrected chi connectivity index (χ1v) is 9.85. The fourth-order valence-corrected chi connectivity index (χ4v) is 3.59. The van der Waals surface area contributed by atoms with Gasteiger partial charge in [0.15, 0.2) is 5.65 Å². The molecule has 0 saturated carbocycles. The zero-order chi connectivity index (χ0) is 21.2. The van der Waals surface area contributed by atoms with Crippen molar-refractivity contribution in [2.24, 2.45) is 0 Å². The molecule has 1 N–H and O–H groups in total. The van der Waals surface area contributed by atoms with Crippen molar-refractivity contribution in [1.29, 1.82) is 5.26 Å². The van der Waals surface area contributed by atoms with E-state index in [1.165, 1.54) is 0 Å². The third-order valence-electron chi connectivity index (χ3n) is 5.28. The second-order valence-electron chi connectivity index (χ2n) is 7.31. The van der Waals surface area contributed by atoms with Crippen LogP contribution in [0.2, 0.25) is 0 Å². The molecule has 0 amide bonds. The van der Waals surface area contributed by atoms with Gasteiger partial charge in [0, 0.05) is 30.7 Å². The van der Waals surface area contributed by atoms with E-state index >= 15 is 0 Å². The number of nitrogens with zero attached hydrogens (tertiary/aromatic N) is 6. The predicted molar refractivity (Wildman–Crippen MR) is 119 cm³/mol. The molecule has 0 bridgehead atoms. The monoisotopic (exact) mass is 405 g/mol. The highest BCUT2D eigenvalue weighted by Crippen LogP contribution is 2.25. The summed E-state index contributed by atoms with van der Waals surface area (Å²) in [5, 5.41) is 16.0. The van der Waals surface area contributed by atoms with Crippen LogP contribution in [0.1, 0.15) is 11.3 Å². The van der Waals surface area contributed by atoms with Gasteiger partial charge in [-0.1, -0.05) is 24.3 Å². The molecule has 0 fully saturated rings. The highest BCUT2D eigenvalue weighted by atomic mass is 15.1. The van der Waals surface area contributed by atoms with Crippen molar-refractivity contribution >= 4 is 11.3 Å². The van der Waals surface area contributed by atoms with E-state index in [0.717, 1.165) is 39.5 Å². The number of anilines is 1. The molecule has 0 aliphatic rings. The second kappa shape index (κ2) is 7.76. The fraction of sp³-hybridized carbons (Fsp3) is 0.0833.